The Balaban J connectivity index is 1.56. The minimum atomic E-state index is 0.0363. The predicted octanol–water partition coefficient (Wildman–Crippen LogP) is 1.45. The summed E-state index contributed by atoms with van der Waals surface area (Å²) in [6.45, 7) is 11.5. The van der Waals surface area contributed by atoms with Gasteiger partial charge < -0.3 is 20.0 Å². The zero-order valence-electron chi connectivity index (χ0n) is 17.6. The van der Waals surface area contributed by atoms with Gasteiger partial charge in [-0.15, -0.1) is 0 Å². The SMILES string of the molecule is CC(C)N(C)CCCCNC(=O)N1CCN(CC(=O)N2CCCCC2)CC1. The molecule has 1 N–H and O–H groups in total. The van der Waals surface area contributed by atoms with E-state index in [-0.39, 0.29) is 11.9 Å². The standard InChI is InChI=1S/C20H39N5O2/c1-18(2)22(3)10-8-5-9-21-20(27)25-15-13-23(14-16-25)17-19(26)24-11-6-4-7-12-24/h18H,4-17H2,1-3H3,(H,21,27). The van der Waals surface area contributed by atoms with Gasteiger partial charge in [0.2, 0.25) is 5.91 Å². The fourth-order valence-corrected chi connectivity index (χ4v) is 3.60. The molecule has 156 valence electrons. The van der Waals surface area contributed by atoms with Crippen molar-refractivity contribution in [3.63, 3.8) is 0 Å². The molecular weight excluding hydrogens is 342 g/mol. The Labute approximate surface area is 165 Å². The lowest BCUT2D eigenvalue weighted by Gasteiger charge is -2.36. The number of carbonyl (C=O) groups excluding carboxylic acids is 2. The van der Waals surface area contributed by atoms with E-state index < -0.39 is 0 Å². The van der Waals surface area contributed by atoms with Gasteiger partial charge in [0.1, 0.15) is 0 Å². The summed E-state index contributed by atoms with van der Waals surface area (Å²) in [5.41, 5.74) is 0. The molecular formula is C20H39N5O2. The first-order chi connectivity index (χ1) is 13.0. The molecule has 27 heavy (non-hydrogen) atoms. The first-order valence-electron chi connectivity index (χ1n) is 10.7. The quantitative estimate of drug-likeness (QED) is 0.647. The van der Waals surface area contributed by atoms with Gasteiger partial charge in [-0.1, -0.05) is 0 Å². The van der Waals surface area contributed by atoms with Gasteiger partial charge in [0.15, 0.2) is 0 Å². The summed E-state index contributed by atoms with van der Waals surface area (Å²) < 4.78 is 0. The molecule has 0 aromatic carbocycles. The zero-order chi connectivity index (χ0) is 19.6. The van der Waals surface area contributed by atoms with E-state index >= 15 is 0 Å². The third-order valence-electron chi connectivity index (χ3n) is 5.82. The van der Waals surface area contributed by atoms with Crippen LogP contribution >= 0.6 is 0 Å². The van der Waals surface area contributed by atoms with Crippen molar-refractivity contribution < 1.29 is 9.59 Å². The maximum absolute atomic E-state index is 12.4. The second-order valence-corrected chi connectivity index (χ2v) is 8.22. The monoisotopic (exact) mass is 381 g/mol. The van der Waals surface area contributed by atoms with E-state index in [0.29, 0.717) is 25.7 Å². The molecule has 0 aromatic heterocycles. The molecule has 0 aliphatic carbocycles. The minimum absolute atomic E-state index is 0.0363. The highest BCUT2D eigenvalue weighted by Gasteiger charge is 2.24. The minimum Gasteiger partial charge on any atom is -0.342 e. The lowest BCUT2D eigenvalue weighted by Crippen LogP contribution is -2.54. The highest BCUT2D eigenvalue weighted by molar-refractivity contribution is 5.78. The van der Waals surface area contributed by atoms with Gasteiger partial charge in [-0.3, -0.25) is 9.69 Å². The average Bonchev–Trinajstić information content (AvgIpc) is 2.68. The molecule has 0 radical (unpaired) electrons. The number of nitrogens with zero attached hydrogens (tertiary/aromatic N) is 4. The van der Waals surface area contributed by atoms with Crippen LogP contribution in [0.1, 0.15) is 46.0 Å². The average molecular weight is 382 g/mol. The fraction of sp³-hybridized carbons (Fsp3) is 0.900. The van der Waals surface area contributed by atoms with E-state index in [0.717, 1.165) is 65.0 Å². The number of hydrogen-bond donors (Lipinski definition) is 1. The van der Waals surface area contributed by atoms with Crippen molar-refractivity contribution in [2.75, 3.05) is 66.0 Å². The highest BCUT2D eigenvalue weighted by atomic mass is 16.2. The molecule has 2 aliphatic rings. The zero-order valence-corrected chi connectivity index (χ0v) is 17.6. The third-order valence-corrected chi connectivity index (χ3v) is 5.82. The summed E-state index contributed by atoms with van der Waals surface area (Å²) >= 11 is 0. The van der Waals surface area contributed by atoms with Crippen molar-refractivity contribution in [3.05, 3.63) is 0 Å². The van der Waals surface area contributed by atoms with Gasteiger partial charge in [-0.25, -0.2) is 4.79 Å². The normalized spacial score (nSPS) is 19.0. The Morgan fingerprint density at radius 3 is 2.22 bits per heavy atom. The van der Waals surface area contributed by atoms with Crippen LogP contribution in [-0.4, -0.2) is 104 Å². The van der Waals surface area contributed by atoms with Gasteiger partial charge >= 0.3 is 6.03 Å². The Kier molecular flexibility index (Phi) is 9.34. The Hall–Kier alpha value is -1.34. The Morgan fingerprint density at radius 1 is 0.926 bits per heavy atom. The highest BCUT2D eigenvalue weighted by Crippen LogP contribution is 2.10. The van der Waals surface area contributed by atoms with Crippen molar-refractivity contribution in [2.45, 2.75) is 52.0 Å². The van der Waals surface area contributed by atoms with Crippen LogP contribution in [0.5, 0.6) is 0 Å². The van der Waals surface area contributed by atoms with Crippen molar-refractivity contribution in [2.24, 2.45) is 0 Å². The number of hydrogen-bond acceptors (Lipinski definition) is 4. The molecule has 0 spiro atoms. The molecule has 2 rings (SSSR count). The van der Waals surface area contributed by atoms with Gasteiger partial charge in [0.05, 0.1) is 6.54 Å². The number of piperazine rings is 1. The number of rotatable bonds is 8. The summed E-state index contributed by atoms with van der Waals surface area (Å²) in [4.78, 5) is 33.0. The number of amides is 3. The van der Waals surface area contributed by atoms with Crippen LogP contribution in [0.25, 0.3) is 0 Å². The Bertz CT molecular complexity index is 457. The molecule has 3 amide bonds. The van der Waals surface area contributed by atoms with E-state index in [2.05, 4.69) is 36.0 Å². The molecule has 0 unspecified atom stereocenters. The van der Waals surface area contributed by atoms with Crippen LogP contribution in [0.3, 0.4) is 0 Å². The smallest absolute Gasteiger partial charge is 0.317 e. The van der Waals surface area contributed by atoms with Crippen LogP contribution in [0.4, 0.5) is 4.79 Å². The van der Waals surface area contributed by atoms with Crippen molar-refractivity contribution >= 4 is 11.9 Å². The van der Waals surface area contributed by atoms with Crippen LogP contribution in [0.2, 0.25) is 0 Å². The topological polar surface area (TPSA) is 59.1 Å². The summed E-state index contributed by atoms with van der Waals surface area (Å²) in [5.74, 6) is 0.249. The van der Waals surface area contributed by atoms with Gasteiger partial charge in [0.25, 0.3) is 0 Å². The van der Waals surface area contributed by atoms with E-state index in [1.165, 1.54) is 6.42 Å². The third kappa shape index (κ3) is 7.66. The summed E-state index contributed by atoms with van der Waals surface area (Å²) in [6, 6.07) is 0.604. The van der Waals surface area contributed by atoms with Crippen molar-refractivity contribution in [3.8, 4) is 0 Å². The van der Waals surface area contributed by atoms with Gasteiger partial charge in [-0.05, 0) is 59.5 Å². The van der Waals surface area contributed by atoms with Gasteiger partial charge in [0, 0.05) is 51.9 Å². The second kappa shape index (κ2) is 11.5. The molecule has 2 fully saturated rings. The first-order valence-corrected chi connectivity index (χ1v) is 10.7. The largest absolute Gasteiger partial charge is 0.342 e. The molecule has 2 heterocycles. The lowest BCUT2D eigenvalue weighted by molar-refractivity contribution is -0.133. The number of urea groups is 1. The van der Waals surface area contributed by atoms with Crippen LogP contribution < -0.4 is 5.32 Å². The molecule has 0 bridgehead atoms. The molecule has 2 saturated heterocycles. The second-order valence-electron chi connectivity index (χ2n) is 8.22. The summed E-state index contributed by atoms with van der Waals surface area (Å²) in [5, 5.41) is 3.04. The molecule has 7 nitrogen and oxygen atoms in total. The van der Waals surface area contributed by atoms with Gasteiger partial charge in [-0.2, -0.15) is 0 Å². The van der Waals surface area contributed by atoms with E-state index in [1.807, 2.05) is 9.80 Å². The fourth-order valence-electron chi connectivity index (χ4n) is 3.60. The molecule has 0 atom stereocenters. The molecule has 2 aliphatic heterocycles. The molecule has 0 saturated carbocycles. The maximum Gasteiger partial charge on any atom is 0.317 e. The number of nitrogens with one attached hydrogen (secondary N) is 1. The van der Waals surface area contributed by atoms with E-state index in [4.69, 9.17) is 0 Å². The summed E-state index contributed by atoms with van der Waals surface area (Å²) in [7, 11) is 2.14. The number of piperidine rings is 1. The number of unbranched alkanes of at least 4 members (excludes halogenated alkanes) is 1. The van der Waals surface area contributed by atoms with Crippen LogP contribution in [0, 0.1) is 0 Å². The first kappa shape index (κ1) is 22.0. The number of carbonyl (C=O) groups is 2. The lowest BCUT2D eigenvalue weighted by atomic mass is 10.1. The van der Waals surface area contributed by atoms with Crippen molar-refractivity contribution in [1.82, 2.24) is 24.9 Å². The van der Waals surface area contributed by atoms with Crippen molar-refractivity contribution in [1.29, 1.82) is 0 Å². The molecule has 0 aromatic rings. The van der Waals surface area contributed by atoms with E-state index in [9.17, 15) is 9.59 Å². The van der Waals surface area contributed by atoms with Crippen LogP contribution in [-0.2, 0) is 4.79 Å². The summed E-state index contributed by atoms with van der Waals surface area (Å²) in [6.07, 6.45) is 5.61. The number of likely N-dealkylation sites (tertiary alicyclic amines) is 1. The maximum atomic E-state index is 12.4. The predicted molar refractivity (Wildman–Crippen MR) is 109 cm³/mol. The molecule has 7 heteroatoms. The Morgan fingerprint density at radius 2 is 1.59 bits per heavy atom. The van der Waals surface area contributed by atoms with Crippen LogP contribution in [0.15, 0.2) is 0 Å². The van der Waals surface area contributed by atoms with E-state index in [1.54, 1.807) is 0 Å².